The summed E-state index contributed by atoms with van der Waals surface area (Å²) in [6.07, 6.45) is 0. The topological polar surface area (TPSA) is 29.1 Å². The van der Waals surface area contributed by atoms with Gasteiger partial charge in [0.15, 0.2) is 0 Å². The number of carbonyl (C=O) groups excluding carboxylic acids is 1. The van der Waals surface area contributed by atoms with Crippen LogP contribution in [-0.4, -0.2) is 11.4 Å². The van der Waals surface area contributed by atoms with Crippen LogP contribution in [-0.2, 0) is 0 Å². The van der Waals surface area contributed by atoms with Crippen molar-refractivity contribution in [3.63, 3.8) is 0 Å². The molecule has 0 aliphatic rings. The molecule has 0 radical (unpaired) electrons. The molecule has 0 unspecified atom stereocenters. The molecule has 0 aromatic heterocycles. The number of amides is 1. The minimum atomic E-state index is -0.201. The van der Waals surface area contributed by atoms with Crippen LogP contribution < -0.4 is 5.32 Å². The highest BCUT2D eigenvalue weighted by atomic mass is 79.9. The Hall–Kier alpha value is -0.830. The number of benzene rings is 1. The molecule has 1 rings (SSSR count). The van der Waals surface area contributed by atoms with Crippen LogP contribution in [0.2, 0.25) is 0 Å². The van der Waals surface area contributed by atoms with E-state index in [0.717, 1.165) is 10.0 Å². The maximum Gasteiger partial charge on any atom is 0.251 e. The Bertz CT molecular complexity index is 359. The van der Waals surface area contributed by atoms with Crippen LogP contribution in [0.15, 0.2) is 22.7 Å². The molecule has 0 aliphatic carbocycles. The average molecular weight is 270 g/mol. The summed E-state index contributed by atoms with van der Waals surface area (Å²) in [5, 5.41) is 2.93. The molecule has 15 heavy (non-hydrogen) atoms. The second-order valence-electron chi connectivity index (χ2n) is 4.72. The van der Waals surface area contributed by atoms with Gasteiger partial charge in [-0.2, -0.15) is 0 Å². The zero-order chi connectivity index (χ0) is 11.6. The largest absolute Gasteiger partial charge is 0.347 e. The number of nitrogens with one attached hydrogen (secondary N) is 1. The van der Waals surface area contributed by atoms with Gasteiger partial charge in [-0.05, 0) is 51.5 Å². The fourth-order valence-corrected chi connectivity index (χ4v) is 1.89. The van der Waals surface area contributed by atoms with Gasteiger partial charge in [-0.25, -0.2) is 0 Å². The molecule has 3 heteroatoms. The summed E-state index contributed by atoms with van der Waals surface area (Å²) in [5.74, 6) is -0.0353. The van der Waals surface area contributed by atoms with Crippen molar-refractivity contribution in [3.05, 3.63) is 33.8 Å². The van der Waals surface area contributed by atoms with Crippen LogP contribution in [0.4, 0.5) is 0 Å². The van der Waals surface area contributed by atoms with E-state index < -0.39 is 0 Å². The highest BCUT2D eigenvalue weighted by Gasteiger charge is 2.15. The van der Waals surface area contributed by atoms with E-state index in [2.05, 4.69) is 21.2 Å². The summed E-state index contributed by atoms with van der Waals surface area (Å²) in [4.78, 5) is 11.8. The molecule has 82 valence electrons. The molecule has 0 bridgehead atoms. The smallest absolute Gasteiger partial charge is 0.251 e. The number of hydrogen-bond donors (Lipinski definition) is 1. The third-order valence-electron chi connectivity index (χ3n) is 1.79. The highest BCUT2D eigenvalue weighted by Crippen LogP contribution is 2.15. The fourth-order valence-electron chi connectivity index (χ4n) is 1.28. The van der Waals surface area contributed by atoms with Gasteiger partial charge in [-0.1, -0.05) is 15.9 Å². The van der Waals surface area contributed by atoms with Gasteiger partial charge in [0.1, 0.15) is 0 Å². The first-order valence-electron chi connectivity index (χ1n) is 4.88. The summed E-state index contributed by atoms with van der Waals surface area (Å²) in [5.41, 5.74) is 1.56. The van der Waals surface area contributed by atoms with Gasteiger partial charge in [0.2, 0.25) is 0 Å². The predicted molar refractivity (Wildman–Crippen MR) is 66.1 cm³/mol. The van der Waals surface area contributed by atoms with Gasteiger partial charge < -0.3 is 5.32 Å². The predicted octanol–water partition coefficient (Wildman–Crippen LogP) is 3.29. The normalized spacial score (nSPS) is 11.3. The van der Waals surface area contributed by atoms with Gasteiger partial charge in [-0.3, -0.25) is 4.79 Å². The summed E-state index contributed by atoms with van der Waals surface area (Å²) < 4.78 is 0.932. The van der Waals surface area contributed by atoms with Gasteiger partial charge in [0, 0.05) is 15.6 Å². The van der Waals surface area contributed by atoms with Crippen LogP contribution in [0.1, 0.15) is 36.7 Å². The van der Waals surface area contributed by atoms with E-state index in [0.29, 0.717) is 5.56 Å². The van der Waals surface area contributed by atoms with Crippen molar-refractivity contribution in [3.8, 4) is 0 Å². The van der Waals surface area contributed by atoms with E-state index in [1.54, 1.807) is 0 Å². The summed E-state index contributed by atoms with van der Waals surface area (Å²) >= 11 is 3.38. The molecule has 0 heterocycles. The number of rotatable bonds is 1. The Morgan fingerprint density at radius 2 is 1.87 bits per heavy atom. The number of halogens is 1. The van der Waals surface area contributed by atoms with Crippen molar-refractivity contribution in [1.29, 1.82) is 0 Å². The molecule has 0 aliphatic heterocycles. The van der Waals surface area contributed by atoms with Crippen LogP contribution in [0.3, 0.4) is 0 Å². The first kappa shape index (κ1) is 12.2. The van der Waals surface area contributed by atoms with Gasteiger partial charge in [-0.15, -0.1) is 0 Å². The lowest BCUT2D eigenvalue weighted by Gasteiger charge is -2.20. The van der Waals surface area contributed by atoms with E-state index in [4.69, 9.17) is 0 Å². The lowest BCUT2D eigenvalue weighted by molar-refractivity contribution is 0.0919. The Labute approximate surface area is 99.2 Å². The first-order valence-corrected chi connectivity index (χ1v) is 5.67. The molecule has 1 amide bonds. The minimum Gasteiger partial charge on any atom is -0.347 e. The van der Waals surface area contributed by atoms with Crippen LogP contribution >= 0.6 is 15.9 Å². The summed E-state index contributed by atoms with van der Waals surface area (Å²) in [6.45, 7) is 7.87. The molecule has 0 saturated heterocycles. The molecular weight excluding hydrogens is 254 g/mol. The molecule has 0 fully saturated rings. The second kappa shape index (κ2) is 4.35. The van der Waals surface area contributed by atoms with Gasteiger partial charge in [0.05, 0.1) is 0 Å². The SMILES string of the molecule is Cc1cc(Br)cc(C(=O)NC(C)(C)C)c1. The van der Waals surface area contributed by atoms with E-state index in [1.165, 1.54) is 0 Å². The zero-order valence-electron chi connectivity index (χ0n) is 9.52. The van der Waals surface area contributed by atoms with Crippen LogP contribution in [0.5, 0.6) is 0 Å². The number of aryl methyl sites for hydroxylation is 1. The van der Waals surface area contributed by atoms with Crippen molar-refractivity contribution >= 4 is 21.8 Å². The maximum absolute atomic E-state index is 11.8. The number of carbonyl (C=O) groups is 1. The van der Waals surface area contributed by atoms with E-state index in [9.17, 15) is 4.79 Å². The van der Waals surface area contributed by atoms with E-state index >= 15 is 0 Å². The van der Waals surface area contributed by atoms with Crippen molar-refractivity contribution in [1.82, 2.24) is 5.32 Å². The lowest BCUT2D eigenvalue weighted by Crippen LogP contribution is -2.40. The molecule has 0 atom stereocenters. The Kier molecular flexibility index (Phi) is 3.55. The number of hydrogen-bond acceptors (Lipinski definition) is 1. The third-order valence-corrected chi connectivity index (χ3v) is 2.25. The monoisotopic (exact) mass is 269 g/mol. The van der Waals surface area contributed by atoms with Crippen LogP contribution in [0, 0.1) is 6.92 Å². The van der Waals surface area contributed by atoms with E-state index in [1.807, 2.05) is 45.9 Å². The molecule has 2 nitrogen and oxygen atoms in total. The second-order valence-corrected chi connectivity index (χ2v) is 5.64. The van der Waals surface area contributed by atoms with Crippen molar-refractivity contribution < 1.29 is 4.79 Å². The summed E-state index contributed by atoms with van der Waals surface area (Å²) in [6, 6.07) is 5.69. The van der Waals surface area contributed by atoms with E-state index in [-0.39, 0.29) is 11.4 Å². The van der Waals surface area contributed by atoms with Gasteiger partial charge >= 0.3 is 0 Å². The zero-order valence-corrected chi connectivity index (χ0v) is 11.1. The Morgan fingerprint density at radius 3 is 2.33 bits per heavy atom. The molecule has 0 saturated carbocycles. The fraction of sp³-hybridized carbons (Fsp3) is 0.417. The van der Waals surface area contributed by atoms with Crippen molar-refractivity contribution in [2.75, 3.05) is 0 Å². The molecule has 1 aromatic carbocycles. The Morgan fingerprint density at radius 1 is 1.27 bits per heavy atom. The molecule has 1 N–H and O–H groups in total. The quantitative estimate of drug-likeness (QED) is 0.833. The standard InChI is InChI=1S/C12H16BrNO/c1-8-5-9(7-10(13)6-8)11(15)14-12(2,3)4/h5-7H,1-4H3,(H,14,15). The van der Waals surface area contributed by atoms with Crippen molar-refractivity contribution in [2.24, 2.45) is 0 Å². The maximum atomic E-state index is 11.8. The molecular formula is C12H16BrNO. The average Bonchev–Trinajstić information content (AvgIpc) is 1.98. The summed E-state index contributed by atoms with van der Waals surface area (Å²) in [7, 11) is 0. The molecule has 0 spiro atoms. The highest BCUT2D eigenvalue weighted by molar-refractivity contribution is 9.10. The van der Waals surface area contributed by atoms with Crippen molar-refractivity contribution in [2.45, 2.75) is 33.2 Å². The van der Waals surface area contributed by atoms with Gasteiger partial charge in [0.25, 0.3) is 5.91 Å². The third kappa shape index (κ3) is 4.04. The minimum absolute atomic E-state index is 0.0353. The Balaban J connectivity index is 2.92. The molecule has 1 aromatic rings. The lowest BCUT2D eigenvalue weighted by atomic mass is 10.1. The van der Waals surface area contributed by atoms with Crippen LogP contribution in [0.25, 0.3) is 0 Å². The first-order chi connectivity index (χ1) is 6.78.